The lowest BCUT2D eigenvalue weighted by molar-refractivity contribution is 0.186. The molecule has 3 nitrogen and oxygen atoms in total. The Balaban J connectivity index is 1.85. The Labute approximate surface area is 118 Å². The van der Waals surface area contributed by atoms with Crippen LogP contribution in [0.15, 0.2) is 60.8 Å². The Morgan fingerprint density at radius 1 is 1.10 bits per heavy atom. The van der Waals surface area contributed by atoms with Gasteiger partial charge in [-0.1, -0.05) is 30.3 Å². The molecule has 0 spiro atoms. The maximum absolute atomic E-state index is 5.33. The molecule has 1 aromatic heterocycles. The molecule has 1 unspecified atom stereocenters. The minimum Gasteiger partial charge on any atom is -0.382 e. The first kappa shape index (κ1) is 12.8. The van der Waals surface area contributed by atoms with Crippen molar-refractivity contribution in [1.82, 2.24) is 4.98 Å². The molecule has 1 heterocycles. The monoisotopic (exact) mass is 266 g/mol. The third-order valence-electron chi connectivity index (χ3n) is 3.43. The van der Waals surface area contributed by atoms with Crippen molar-refractivity contribution in [3.63, 3.8) is 0 Å². The first-order valence-electron chi connectivity index (χ1n) is 6.74. The molecule has 3 rings (SSSR count). The molecule has 0 fully saturated rings. The maximum Gasteiger partial charge on any atom is 0.0747 e. The summed E-state index contributed by atoms with van der Waals surface area (Å²) in [5.74, 6) is 0. The molecule has 0 aliphatic rings. The van der Waals surface area contributed by atoms with Crippen molar-refractivity contribution in [2.24, 2.45) is 0 Å². The summed E-state index contributed by atoms with van der Waals surface area (Å²) in [6.45, 7) is 0.634. The van der Waals surface area contributed by atoms with E-state index in [0.29, 0.717) is 6.61 Å². The van der Waals surface area contributed by atoms with Gasteiger partial charge in [0.15, 0.2) is 0 Å². The number of hydrogen-bond donors (Lipinski definition) is 2. The number of benzene rings is 2. The lowest BCUT2D eigenvalue weighted by Crippen LogP contribution is -2.16. The van der Waals surface area contributed by atoms with E-state index in [1.165, 1.54) is 10.9 Å². The number of methoxy groups -OCH3 is 1. The van der Waals surface area contributed by atoms with Gasteiger partial charge in [0.1, 0.15) is 0 Å². The molecule has 0 aliphatic carbocycles. The summed E-state index contributed by atoms with van der Waals surface area (Å²) in [5.41, 5.74) is 3.48. The van der Waals surface area contributed by atoms with Gasteiger partial charge in [0, 0.05) is 29.9 Å². The van der Waals surface area contributed by atoms with Gasteiger partial charge in [-0.15, -0.1) is 0 Å². The summed E-state index contributed by atoms with van der Waals surface area (Å²) in [5, 5.41) is 4.75. The highest BCUT2D eigenvalue weighted by Crippen LogP contribution is 2.23. The Kier molecular flexibility index (Phi) is 3.70. The van der Waals surface area contributed by atoms with Crippen molar-refractivity contribution in [2.75, 3.05) is 19.0 Å². The predicted octanol–water partition coefficient (Wildman–Crippen LogP) is 3.97. The Bertz CT molecular complexity index is 676. The molecule has 0 amide bonds. The summed E-state index contributed by atoms with van der Waals surface area (Å²) in [6, 6.07) is 18.9. The normalized spacial score (nSPS) is 12.4. The van der Waals surface area contributed by atoms with Crippen molar-refractivity contribution < 1.29 is 4.74 Å². The first-order valence-corrected chi connectivity index (χ1v) is 6.74. The van der Waals surface area contributed by atoms with Crippen LogP contribution in [-0.2, 0) is 4.74 Å². The number of hydrogen-bond acceptors (Lipinski definition) is 2. The van der Waals surface area contributed by atoms with Crippen LogP contribution >= 0.6 is 0 Å². The zero-order valence-corrected chi connectivity index (χ0v) is 11.5. The van der Waals surface area contributed by atoms with Gasteiger partial charge >= 0.3 is 0 Å². The molecule has 0 bridgehead atoms. The molecule has 0 saturated carbocycles. The van der Waals surface area contributed by atoms with Gasteiger partial charge in [-0.2, -0.15) is 0 Å². The number of ether oxygens (including phenoxy) is 1. The van der Waals surface area contributed by atoms with Gasteiger partial charge in [-0.25, -0.2) is 0 Å². The molecular formula is C17H18N2O. The van der Waals surface area contributed by atoms with Gasteiger partial charge < -0.3 is 15.0 Å². The molecular weight excluding hydrogens is 248 g/mol. The average molecular weight is 266 g/mol. The van der Waals surface area contributed by atoms with E-state index in [-0.39, 0.29) is 6.04 Å². The smallest absolute Gasteiger partial charge is 0.0747 e. The number of aromatic amines is 1. The Morgan fingerprint density at radius 2 is 1.95 bits per heavy atom. The van der Waals surface area contributed by atoms with Crippen LogP contribution in [-0.4, -0.2) is 18.7 Å². The molecule has 20 heavy (non-hydrogen) atoms. The number of rotatable bonds is 5. The van der Waals surface area contributed by atoms with Gasteiger partial charge in [-0.3, -0.25) is 0 Å². The van der Waals surface area contributed by atoms with Crippen molar-refractivity contribution in [1.29, 1.82) is 0 Å². The number of nitrogens with one attached hydrogen (secondary N) is 2. The van der Waals surface area contributed by atoms with Crippen molar-refractivity contribution >= 4 is 16.6 Å². The van der Waals surface area contributed by atoms with Gasteiger partial charge in [0.25, 0.3) is 0 Å². The minimum atomic E-state index is 0.151. The Morgan fingerprint density at radius 3 is 2.75 bits per heavy atom. The number of anilines is 1. The molecule has 3 aromatic rings. The van der Waals surface area contributed by atoms with Gasteiger partial charge in [0.2, 0.25) is 0 Å². The van der Waals surface area contributed by atoms with E-state index >= 15 is 0 Å². The lowest BCUT2D eigenvalue weighted by atomic mass is 10.1. The zero-order valence-electron chi connectivity index (χ0n) is 11.5. The van der Waals surface area contributed by atoms with Crippen LogP contribution in [0.3, 0.4) is 0 Å². The van der Waals surface area contributed by atoms with E-state index in [1.807, 2.05) is 12.3 Å². The zero-order chi connectivity index (χ0) is 13.8. The SMILES string of the molecule is COCC(Nc1ccc2[nH]ccc2c1)c1ccccc1. The minimum absolute atomic E-state index is 0.151. The molecule has 2 aromatic carbocycles. The summed E-state index contributed by atoms with van der Waals surface area (Å²) in [4.78, 5) is 3.20. The summed E-state index contributed by atoms with van der Waals surface area (Å²) in [7, 11) is 1.73. The fourth-order valence-electron chi connectivity index (χ4n) is 2.42. The lowest BCUT2D eigenvalue weighted by Gasteiger charge is -2.19. The second-order valence-electron chi connectivity index (χ2n) is 4.84. The van der Waals surface area contributed by atoms with Crippen LogP contribution in [0.25, 0.3) is 10.9 Å². The second kappa shape index (κ2) is 5.80. The van der Waals surface area contributed by atoms with Gasteiger partial charge in [0.05, 0.1) is 12.6 Å². The highest BCUT2D eigenvalue weighted by Gasteiger charge is 2.11. The van der Waals surface area contributed by atoms with Crippen LogP contribution in [0, 0.1) is 0 Å². The summed E-state index contributed by atoms with van der Waals surface area (Å²) in [6.07, 6.45) is 1.96. The first-order chi connectivity index (χ1) is 9.86. The number of fused-ring (bicyclic) bond motifs is 1. The molecule has 3 heteroatoms. The largest absolute Gasteiger partial charge is 0.382 e. The van der Waals surface area contributed by atoms with E-state index in [2.05, 4.69) is 58.8 Å². The fourth-order valence-corrected chi connectivity index (χ4v) is 2.42. The molecule has 0 saturated heterocycles. The third kappa shape index (κ3) is 2.68. The predicted molar refractivity (Wildman–Crippen MR) is 83.0 cm³/mol. The van der Waals surface area contributed by atoms with E-state index < -0.39 is 0 Å². The summed E-state index contributed by atoms with van der Waals surface area (Å²) < 4.78 is 5.33. The van der Waals surface area contributed by atoms with E-state index in [1.54, 1.807) is 7.11 Å². The second-order valence-corrected chi connectivity index (χ2v) is 4.84. The third-order valence-corrected chi connectivity index (χ3v) is 3.43. The van der Waals surface area contributed by atoms with E-state index in [9.17, 15) is 0 Å². The van der Waals surface area contributed by atoms with Crippen molar-refractivity contribution in [2.45, 2.75) is 6.04 Å². The topological polar surface area (TPSA) is 37.0 Å². The number of aromatic nitrogens is 1. The van der Waals surface area contributed by atoms with E-state index in [4.69, 9.17) is 4.74 Å². The van der Waals surface area contributed by atoms with E-state index in [0.717, 1.165) is 11.2 Å². The standard InChI is InChI=1S/C17H18N2O/c1-20-12-17(13-5-3-2-4-6-13)19-15-7-8-16-14(11-15)9-10-18-16/h2-11,17-19H,12H2,1H3. The molecule has 0 aliphatic heterocycles. The Hall–Kier alpha value is -2.26. The van der Waals surface area contributed by atoms with Crippen LogP contribution in [0.2, 0.25) is 0 Å². The summed E-state index contributed by atoms with van der Waals surface area (Å²) >= 11 is 0. The van der Waals surface area contributed by atoms with Gasteiger partial charge in [-0.05, 0) is 29.8 Å². The molecule has 102 valence electrons. The quantitative estimate of drug-likeness (QED) is 0.733. The van der Waals surface area contributed by atoms with Crippen molar-refractivity contribution in [3.05, 3.63) is 66.4 Å². The molecule has 1 atom stereocenters. The molecule has 2 N–H and O–H groups in total. The van der Waals surface area contributed by atoms with Crippen molar-refractivity contribution in [3.8, 4) is 0 Å². The number of H-pyrrole nitrogens is 1. The van der Waals surface area contributed by atoms with Crippen LogP contribution in [0.5, 0.6) is 0 Å². The maximum atomic E-state index is 5.33. The average Bonchev–Trinajstić information content (AvgIpc) is 2.95. The van der Waals surface area contributed by atoms with Crippen LogP contribution in [0.4, 0.5) is 5.69 Å². The van der Waals surface area contributed by atoms with Crippen LogP contribution in [0.1, 0.15) is 11.6 Å². The highest BCUT2D eigenvalue weighted by atomic mass is 16.5. The highest BCUT2D eigenvalue weighted by molar-refractivity contribution is 5.83. The van der Waals surface area contributed by atoms with Crippen LogP contribution < -0.4 is 5.32 Å². The fraction of sp³-hybridized carbons (Fsp3) is 0.176. The molecule has 0 radical (unpaired) electrons.